The molecule has 17 heavy (non-hydrogen) atoms. The van der Waals surface area contributed by atoms with E-state index in [1.54, 1.807) is 6.33 Å². The van der Waals surface area contributed by atoms with Gasteiger partial charge in [0, 0.05) is 19.1 Å². The fraction of sp³-hybridized carbons (Fsp3) is 0.727. The van der Waals surface area contributed by atoms with Crippen LogP contribution in [0.25, 0.3) is 0 Å². The third kappa shape index (κ3) is 4.40. The molecule has 2 N–H and O–H groups in total. The first kappa shape index (κ1) is 14.1. The Hall–Kier alpha value is -1.01. The molecule has 0 aromatic carbocycles. The fourth-order valence-electron chi connectivity index (χ4n) is 1.61. The van der Waals surface area contributed by atoms with Gasteiger partial charge >= 0.3 is 0 Å². The Labute approximate surface area is 108 Å². The Morgan fingerprint density at radius 1 is 1.59 bits per heavy atom. The molecule has 1 heterocycles. The molecule has 0 saturated carbocycles. The lowest BCUT2D eigenvalue weighted by Gasteiger charge is -2.25. The second-order valence-corrected chi connectivity index (χ2v) is 4.89. The molecule has 0 bridgehead atoms. The van der Waals surface area contributed by atoms with Crippen LogP contribution in [0, 0.1) is 0 Å². The summed E-state index contributed by atoms with van der Waals surface area (Å²) in [5.74, 6) is 0.969. The summed E-state index contributed by atoms with van der Waals surface area (Å²) in [4.78, 5) is 7.00. The van der Waals surface area contributed by atoms with Crippen LogP contribution >= 0.6 is 12.2 Å². The van der Waals surface area contributed by atoms with E-state index >= 15 is 0 Å². The van der Waals surface area contributed by atoms with Crippen molar-refractivity contribution in [1.82, 2.24) is 19.7 Å². The largest absolute Gasteiger partial charge is 0.392 e. The van der Waals surface area contributed by atoms with Gasteiger partial charge in [-0.25, -0.2) is 9.67 Å². The highest BCUT2D eigenvalue weighted by molar-refractivity contribution is 7.80. The van der Waals surface area contributed by atoms with E-state index in [4.69, 9.17) is 18.0 Å². The maximum absolute atomic E-state index is 5.60. The van der Waals surface area contributed by atoms with Crippen molar-refractivity contribution in [1.29, 1.82) is 0 Å². The van der Waals surface area contributed by atoms with E-state index in [0.717, 1.165) is 25.3 Å². The van der Waals surface area contributed by atoms with Gasteiger partial charge in [0.25, 0.3) is 0 Å². The van der Waals surface area contributed by atoms with Crippen LogP contribution in [-0.4, -0.2) is 37.2 Å². The molecule has 0 aliphatic heterocycles. The second kappa shape index (κ2) is 6.66. The van der Waals surface area contributed by atoms with Gasteiger partial charge in [-0.05, 0) is 20.3 Å². The lowest BCUT2D eigenvalue weighted by Crippen LogP contribution is -2.38. The third-order valence-corrected chi connectivity index (χ3v) is 2.69. The summed E-state index contributed by atoms with van der Waals surface area (Å²) in [7, 11) is 0. The maximum atomic E-state index is 5.60. The highest BCUT2D eigenvalue weighted by atomic mass is 32.1. The topological polar surface area (TPSA) is 60.0 Å². The van der Waals surface area contributed by atoms with Crippen molar-refractivity contribution >= 4 is 17.2 Å². The number of thiocarbonyl (C=S) groups is 1. The summed E-state index contributed by atoms with van der Waals surface area (Å²) >= 11 is 4.96. The molecular weight excluding hydrogens is 234 g/mol. The minimum Gasteiger partial charge on any atom is -0.392 e. The Morgan fingerprint density at radius 3 is 2.82 bits per heavy atom. The van der Waals surface area contributed by atoms with Crippen LogP contribution in [0.15, 0.2) is 6.33 Å². The Kier molecular flexibility index (Phi) is 5.50. The van der Waals surface area contributed by atoms with Crippen molar-refractivity contribution in [2.24, 2.45) is 5.73 Å². The molecule has 1 aromatic rings. The van der Waals surface area contributed by atoms with Gasteiger partial charge in [-0.1, -0.05) is 19.1 Å². The zero-order valence-electron chi connectivity index (χ0n) is 10.8. The quantitative estimate of drug-likeness (QED) is 0.742. The van der Waals surface area contributed by atoms with E-state index in [9.17, 15) is 0 Å². The maximum Gasteiger partial charge on any atom is 0.141 e. The van der Waals surface area contributed by atoms with Crippen LogP contribution in [0.5, 0.6) is 0 Å². The van der Waals surface area contributed by atoms with Crippen LogP contribution in [0.2, 0.25) is 0 Å². The Balaban J connectivity index is 2.71. The summed E-state index contributed by atoms with van der Waals surface area (Å²) < 4.78 is 1.94. The number of nitrogens with two attached hydrogens (primary N) is 1. The predicted molar refractivity (Wildman–Crippen MR) is 72.6 cm³/mol. The normalized spacial score (nSPS) is 11.4. The molecule has 0 radical (unpaired) electrons. The minimum absolute atomic E-state index is 0.378. The molecule has 0 atom stereocenters. The van der Waals surface area contributed by atoms with Crippen molar-refractivity contribution in [3.8, 4) is 0 Å². The van der Waals surface area contributed by atoms with E-state index in [-0.39, 0.29) is 0 Å². The van der Waals surface area contributed by atoms with Gasteiger partial charge in [0.2, 0.25) is 0 Å². The van der Waals surface area contributed by atoms with Crippen molar-refractivity contribution in [3.05, 3.63) is 12.2 Å². The fourth-order valence-corrected chi connectivity index (χ4v) is 1.78. The van der Waals surface area contributed by atoms with Gasteiger partial charge in [-0.15, -0.1) is 0 Å². The van der Waals surface area contributed by atoms with E-state index in [0.29, 0.717) is 17.6 Å². The molecule has 0 saturated heterocycles. The molecular formula is C11H21N5S. The SMILES string of the molecule is CCCn1ncnc1CN(CC(N)=S)C(C)C. The Bertz CT molecular complexity index is 360. The number of aryl methyl sites for hydroxylation is 1. The van der Waals surface area contributed by atoms with Gasteiger partial charge in [-0.3, -0.25) is 4.90 Å². The molecule has 6 heteroatoms. The first-order chi connectivity index (χ1) is 8.04. The van der Waals surface area contributed by atoms with Crippen LogP contribution in [0.3, 0.4) is 0 Å². The number of nitrogens with zero attached hydrogens (tertiary/aromatic N) is 4. The van der Waals surface area contributed by atoms with Crippen molar-refractivity contribution in [2.75, 3.05) is 6.54 Å². The minimum atomic E-state index is 0.378. The number of hydrogen-bond acceptors (Lipinski definition) is 4. The van der Waals surface area contributed by atoms with E-state index in [1.165, 1.54) is 0 Å². The average Bonchev–Trinajstić information content (AvgIpc) is 2.64. The van der Waals surface area contributed by atoms with Crippen LogP contribution in [-0.2, 0) is 13.1 Å². The van der Waals surface area contributed by atoms with Crippen LogP contribution in [0.1, 0.15) is 33.0 Å². The molecule has 96 valence electrons. The molecule has 1 rings (SSSR count). The van der Waals surface area contributed by atoms with Gasteiger partial charge < -0.3 is 5.73 Å². The molecule has 5 nitrogen and oxygen atoms in total. The van der Waals surface area contributed by atoms with Crippen molar-refractivity contribution in [3.63, 3.8) is 0 Å². The van der Waals surface area contributed by atoms with E-state index in [1.807, 2.05) is 4.68 Å². The van der Waals surface area contributed by atoms with Gasteiger partial charge in [0.15, 0.2) is 0 Å². The van der Waals surface area contributed by atoms with E-state index in [2.05, 4.69) is 35.8 Å². The van der Waals surface area contributed by atoms with Gasteiger partial charge in [0.1, 0.15) is 12.2 Å². The summed E-state index contributed by atoms with van der Waals surface area (Å²) in [6, 6.07) is 0.378. The summed E-state index contributed by atoms with van der Waals surface area (Å²) in [5.41, 5.74) is 5.60. The molecule has 0 fully saturated rings. The van der Waals surface area contributed by atoms with Crippen LogP contribution < -0.4 is 5.73 Å². The Morgan fingerprint density at radius 2 is 2.29 bits per heavy atom. The molecule has 0 aliphatic carbocycles. The molecule has 0 aliphatic rings. The standard InChI is InChI=1S/C11H21N5S/c1-4-5-16-11(13-8-14-16)7-15(9(2)3)6-10(12)17/h8-9H,4-7H2,1-3H3,(H2,12,17). The zero-order chi connectivity index (χ0) is 12.8. The molecule has 0 amide bonds. The average molecular weight is 255 g/mol. The van der Waals surface area contributed by atoms with Crippen molar-refractivity contribution in [2.45, 2.75) is 46.3 Å². The highest BCUT2D eigenvalue weighted by Gasteiger charge is 2.14. The first-order valence-corrected chi connectivity index (χ1v) is 6.34. The number of rotatable bonds is 7. The second-order valence-electron chi connectivity index (χ2n) is 4.36. The zero-order valence-corrected chi connectivity index (χ0v) is 11.6. The van der Waals surface area contributed by atoms with Crippen LogP contribution in [0.4, 0.5) is 0 Å². The molecule has 1 aromatic heterocycles. The first-order valence-electron chi connectivity index (χ1n) is 5.93. The summed E-state index contributed by atoms with van der Waals surface area (Å²) in [5, 5.41) is 4.21. The number of hydrogen-bond donors (Lipinski definition) is 1. The molecule has 0 unspecified atom stereocenters. The number of aromatic nitrogens is 3. The van der Waals surface area contributed by atoms with E-state index < -0.39 is 0 Å². The highest BCUT2D eigenvalue weighted by Crippen LogP contribution is 2.06. The van der Waals surface area contributed by atoms with Gasteiger partial charge in [-0.2, -0.15) is 5.10 Å². The van der Waals surface area contributed by atoms with Gasteiger partial charge in [0.05, 0.1) is 11.5 Å². The van der Waals surface area contributed by atoms with Crippen molar-refractivity contribution < 1.29 is 0 Å². The smallest absolute Gasteiger partial charge is 0.141 e. The lowest BCUT2D eigenvalue weighted by molar-refractivity contribution is 0.234. The summed E-state index contributed by atoms with van der Waals surface area (Å²) in [6.45, 7) is 8.62. The lowest BCUT2D eigenvalue weighted by atomic mass is 10.3. The third-order valence-electron chi connectivity index (χ3n) is 2.56. The monoisotopic (exact) mass is 255 g/mol. The summed E-state index contributed by atoms with van der Waals surface area (Å²) in [6.07, 6.45) is 2.65. The molecule has 0 spiro atoms. The predicted octanol–water partition coefficient (Wildman–Crippen LogP) is 1.18.